The van der Waals surface area contributed by atoms with Gasteiger partial charge in [-0.2, -0.15) is 0 Å². The maximum Gasteiger partial charge on any atom is 0.295 e. The number of aliphatic hydroxyl groups excluding tert-OH is 1. The van der Waals surface area contributed by atoms with Crippen LogP contribution in [0.1, 0.15) is 44.4 Å². The molecule has 9 nitrogen and oxygen atoms in total. The normalized spacial score (nSPS) is 17.4. The summed E-state index contributed by atoms with van der Waals surface area (Å²) in [5, 5.41) is 22.0. The van der Waals surface area contributed by atoms with Crippen LogP contribution in [0.5, 0.6) is 5.75 Å². The van der Waals surface area contributed by atoms with Crippen molar-refractivity contribution >= 4 is 23.1 Å². The number of ether oxygens (including phenoxy) is 2. The second-order valence-corrected chi connectivity index (χ2v) is 8.07. The molecule has 0 unspecified atom stereocenters. The van der Waals surface area contributed by atoms with Gasteiger partial charge in [-0.1, -0.05) is 12.1 Å². The summed E-state index contributed by atoms with van der Waals surface area (Å²) >= 11 is 0. The minimum Gasteiger partial charge on any atom is -0.507 e. The third-order valence-electron chi connectivity index (χ3n) is 5.39. The Morgan fingerprint density at radius 1 is 1.12 bits per heavy atom. The molecule has 1 saturated heterocycles. The molecule has 0 radical (unpaired) electrons. The van der Waals surface area contributed by atoms with Gasteiger partial charge in [-0.15, -0.1) is 0 Å². The van der Waals surface area contributed by atoms with E-state index in [0.717, 1.165) is 0 Å². The first-order valence-corrected chi connectivity index (χ1v) is 11.1. The van der Waals surface area contributed by atoms with Crippen LogP contribution < -0.4 is 4.74 Å². The molecule has 34 heavy (non-hydrogen) atoms. The molecule has 1 heterocycles. The van der Waals surface area contributed by atoms with E-state index in [4.69, 9.17) is 9.47 Å². The van der Waals surface area contributed by atoms with Crippen LogP contribution in [-0.4, -0.2) is 52.5 Å². The predicted octanol–water partition coefficient (Wildman–Crippen LogP) is 4.23. The molecule has 180 valence electrons. The van der Waals surface area contributed by atoms with Crippen molar-refractivity contribution < 1.29 is 29.1 Å². The van der Waals surface area contributed by atoms with Crippen molar-refractivity contribution in [3.05, 3.63) is 75.3 Å². The van der Waals surface area contributed by atoms with Gasteiger partial charge in [0.15, 0.2) is 0 Å². The second-order valence-electron chi connectivity index (χ2n) is 8.07. The number of carbonyl (C=O) groups excluding carboxylic acids is 2. The third kappa shape index (κ3) is 5.43. The molecular weight excluding hydrogens is 440 g/mol. The van der Waals surface area contributed by atoms with Crippen molar-refractivity contribution in [1.29, 1.82) is 0 Å². The molecule has 1 aliphatic heterocycles. The number of hydrogen-bond donors (Lipinski definition) is 1. The lowest BCUT2D eigenvalue weighted by atomic mass is 9.95. The number of rotatable bonds is 10. The summed E-state index contributed by atoms with van der Waals surface area (Å²) in [6, 6.07) is 11.4. The highest BCUT2D eigenvalue weighted by atomic mass is 16.6. The van der Waals surface area contributed by atoms with E-state index in [0.29, 0.717) is 30.9 Å². The number of likely N-dealkylation sites (tertiary alicyclic amines) is 1. The molecule has 0 bridgehead atoms. The summed E-state index contributed by atoms with van der Waals surface area (Å²) in [6.45, 7) is 6.86. The van der Waals surface area contributed by atoms with E-state index in [9.17, 15) is 24.8 Å². The molecule has 2 aromatic carbocycles. The Balaban J connectivity index is 2.02. The number of non-ortho nitro benzene ring substituents is 1. The van der Waals surface area contributed by atoms with Gasteiger partial charge in [0.25, 0.3) is 17.4 Å². The molecule has 1 fully saturated rings. The molecule has 1 aliphatic rings. The van der Waals surface area contributed by atoms with Crippen molar-refractivity contribution in [3.8, 4) is 5.75 Å². The summed E-state index contributed by atoms with van der Waals surface area (Å²) in [7, 11) is 0. The first-order valence-electron chi connectivity index (χ1n) is 11.1. The van der Waals surface area contributed by atoms with Crippen LogP contribution >= 0.6 is 0 Å². The molecule has 0 aromatic heterocycles. The van der Waals surface area contributed by atoms with Crippen LogP contribution in [-0.2, 0) is 14.3 Å². The van der Waals surface area contributed by atoms with Gasteiger partial charge in [0, 0.05) is 30.8 Å². The standard InChI is InChI=1S/C25H28N2O7/c1-4-33-20-12-8-17(9-13-20)22-21(23(28)18-6-10-19(11-7-18)27(31)32)24(29)25(30)26(22)14-5-15-34-16(2)3/h6-13,16,22,28H,4-5,14-15H2,1-3H3/t22-/m0/s1. The largest absolute Gasteiger partial charge is 0.507 e. The highest BCUT2D eigenvalue weighted by Crippen LogP contribution is 2.40. The van der Waals surface area contributed by atoms with Gasteiger partial charge in [0.2, 0.25) is 0 Å². The van der Waals surface area contributed by atoms with E-state index in [1.807, 2.05) is 20.8 Å². The Morgan fingerprint density at radius 3 is 2.32 bits per heavy atom. The summed E-state index contributed by atoms with van der Waals surface area (Å²) in [5.41, 5.74) is 0.636. The monoisotopic (exact) mass is 468 g/mol. The number of ketones is 1. The summed E-state index contributed by atoms with van der Waals surface area (Å²) in [5.74, 6) is -1.26. The van der Waals surface area contributed by atoms with Crippen LogP contribution in [0.3, 0.4) is 0 Å². The fourth-order valence-corrected chi connectivity index (χ4v) is 3.82. The first kappa shape index (κ1) is 24.9. The molecule has 0 aliphatic carbocycles. The van der Waals surface area contributed by atoms with E-state index in [1.54, 1.807) is 24.3 Å². The van der Waals surface area contributed by atoms with Gasteiger partial charge in [0.1, 0.15) is 11.5 Å². The number of benzene rings is 2. The van der Waals surface area contributed by atoms with Crippen molar-refractivity contribution in [2.75, 3.05) is 19.8 Å². The van der Waals surface area contributed by atoms with Crippen LogP contribution in [0.2, 0.25) is 0 Å². The number of nitro benzene ring substituents is 1. The Labute approximate surface area is 197 Å². The van der Waals surface area contributed by atoms with E-state index in [-0.39, 0.29) is 35.2 Å². The molecule has 0 saturated carbocycles. The quantitative estimate of drug-likeness (QED) is 0.138. The first-order chi connectivity index (χ1) is 16.2. The average Bonchev–Trinajstić information content (AvgIpc) is 3.07. The minimum absolute atomic E-state index is 0.0412. The predicted molar refractivity (Wildman–Crippen MR) is 125 cm³/mol. The minimum atomic E-state index is -0.815. The van der Waals surface area contributed by atoms with Crippen LogP contribution in [0.25, 0.3) is 5.76 Å². The zero-order valence-corrected chi connectivity index (χ0v) is 19.4. The van der Waals surface area contributed by atoms with E-state index in [1.165, 1.54) is 29.2 Å². The maximum absolute atomic E-state index is 13.0. The van der Waals surface area contributed by atoms with Crippen molar-refractivity contribution in [2.45, 2.75) is 39.3 Å². The second kappa shape index (κ2) is 10.9. The van der Waals surface area contributed by atoms with Crippen molar-refractivity contribution in [2.24, 2.45) is 0 Å². The van der Waals surface area contributed by atoms with E-state index in [2.05, 4.69) is 0 Å². The van der Waals surface area contributed by atoms with Crippen molar-refractivity contribution in [3.63, 3.8) is 0 Å². The average molecular weight is 469 g/mol. The highest BCUT2D eigenvalue weighted by molar-refractivity contribution is 6.46. The van der Waals surface area contributed by atoms with E-state index < -0.39 is 22.7 Å². The number of aliphatic hydroxyl groups is 1. The van der Waals surface area contributed by atoms with Gasteiger partial charge in [-0.3, -0.25) is 19.7 Å². The molecule has 9 heteroatoms. The smallest absolute Gasteiger partial charge is 0.295 e. The number of nitrogens with zero attached hydrogens (tertiary/aromatic N) is 2. The zero-order valence-electron chi connectivity index (χ0n) is 19.4. The van der Waals surface area contributed by atoms with E-state index >= 15 is 0 Å². The zero-order chi connectivity index (χ0) is 24.8. The SMILES string of the molecule is CCOc1ccc([C@H]2C(=C(O)c3ccc([N+](=O)[O-])cc3)C(=O)C(=O)N2CCCOC(C)C)cc1. The number of nitro groups is 1. The maximum atomic E-state index is 13.0. The third-order valence-corrected chi connectivity index (χ3v) is 5.39. The Morgan fingerprint density at radius 2 is 1.76 bits per heavy atom. The lowest BCUT2D eigenvalue weighted by Crippen LogP contribution is -2.31. The molecule has 1 amide bonds. The summed E-state index contributed by atoms with van der Waals surface area (Å²) in [4.78, 5) is 37.8. The molecule has 1 N–H and O–H groups in total. The van der Waals surface area contributed by atoms with Gasteiger partial charge >= 0.3 is 0 Å². The van der Waals surface area contributed by atoms with Crippen molar-refractivity contribution in [1.82, 2.24) is 4.90 Å². The number of hydrogen-bond acceptors (Lipinski definition) is 7. The summed E-state index contributed by atoms with van der Waals surface area (Å²) < 4.78 is 11.1. The fourth-order valence-electron chi connectivity index (χ4n) is 3.82. The molecule has 2 aromatic rings. The Hall–Kier alpha value is -3.72. The molecule has 1 atom stereocenters. The van der Waals surface area contributed by atoms with Crippen LogP contribution in [0.15, 0.2) is 54.1 Å². The Bertz CT molecular complexity index is 1080. The van der Waals surface area contributed by atoms with Gasteiger partial charge in [-0.25, -0.2) is 0 Å². The van der Waals surface area contributed by atoms with Crippen LogP contribution in [0, 0.1) is 10.1 Å². The Kier molecular flexibility index (Phi) is 8.01. The fraction of sp³-hybridized carbons (Fsp3) is 0.360. The molecular formula is C25H28N2O7. The number of amides is 1. The van der Waals surface area contributed by atoms with Gasteiger partial charge in [0.05, 0.1) is 29.2 Å². The van der Waals surface area contributed by atoms with Gasteiger partial charge < -0.3 is 19.5 Å². The highest BCUT2D eigenvalue weighted by Gasteiger charge is 2.45. The lowest BCUT2D eigenvalue weighted by Gasteiger charge is -2.25. The van der Waals surface area contributed by atoms with Gasteiger partial charge in [-0.05, 0) is 57.0 Å². The van der Waals surface area contributed by atoms with Crippen LogP contribution in [0.4, 0.5) is 5.69 Å². The number of Topliss-reactive ketones (excluding diaryl/α,β-unsaturated/α-hetero) is 1. The molecule has 0 spiro atoms. The number of carbonyl (C=O) groups is 2. The lowest BCUT2D eigenvalue weighted by molar-refractivity contribution is -0.384. The summed E-state index contributed by atoms with van der Waals surface area (Å²) in [6.07, 6.45) is 0.551. The molecule has 3 rings (SSSR count). The topological polar surface area (TPSA) is 119 Å².